The zero-order chi connectivity index (χ0) is 27.8. The summed E-state index contributed by atoms with van der Waals surface area (Å²) in [6.07, 6.45) is 6.65. The Bertz CT molecular complexity index is 1490. The summed E-state index contributed by atoms with van der Waals surface area (Å²) >= 11 is 0. The van der Waals surface area contributed by atoms with Crippen LogP contribution in [0.1, 0.15) is 96.8 Å². The number of fused-ring (bicyclic) bond motifs is 3. The molecule has 2 aliphatic rings. The average molecular weight is 521 g/mol. The summed E-state index contributed by atoms with van der Waals surface area (Å²) in [4.78, 5) is 13.8. The van der Waals surface area contributed by atoms with E-state index in [4.69, 9.17) is 18.6 Å². The van der Waals surface area contributed by atoms with Crippen LogP contribution in [0, 0.1) is 17.8 Å². The Morgan fingerprint density at radius 2 is 1.18 bits per heavy atom. The first-order chi connectivity index (χ1) is 17.8. The molecule has 0 N–H and O–H groups in total. The van der Waals surface area contributed by atoms with Crippen LogP contribution in [0.25, 0.3) is 21.7 Å². The third kappa shape index (κ3) is 3.39. The number of aryl methyl sites for hydroxylation is 1. The average Bonchev–Trinajstić information content (AvgIpc) is 3.30. The molecule has 1 heterocycles. The summed E-state index contributed by atoms with van der Waals surface area (Å²) in [6, 6.07) is 4.26. The van der Waals surface area contributed by atoms with Crippen molar-refractivity contribution in [1.82, 2.24) is 0 Å². The van der Waals surface area contributed by atoms with Crippen LogP contribution in [0.2, 0.25) is 0 Å². The molecule has 2 aliphatic carbocycles. The van der Waals surface area contributed by atoms with Gasteiger partial charge in [-0.05, 0) is 55.1 Å². The summed E-state index contributed by atoms with van der Waals surface area (Å²) < 4.78 is 24.4. The highest BCUT2D eigenvalue weighted by Gasteiger charge is 2.50. The molecule has 38 heavy (non-hydrogen) atoms. The highest BCUT2D eigenvalue weighted by molar-refractivity contribution is 6.12. The van der Waals surface area contributed by atoms with Gasteiger partial charge in [0.25, 0.3) is 0 Å². The van der Waals surface area contributed by atoms with E-state index in [2.05, 4.69) is 54.5 Å². The predicted molar refractivity (Wildman–Crippen MR) is 154 cm³/mol. The first-order valence-corrected chi connectivity index (χ1v) is 14.0. The van der Waals surface area contributed by atoms with E-state index in [1.165, 1.54) is 0 Å². The Morgan fingerprint density at radius 3 is 1.63 bits per heavy atom. The van der Waals surface area contributed by atoms with Crippen molar-refractivity contribution in [3.8, 4) is 17.2 Å². The Kier molecular flexibility index (Phi) is 6.13. The van der Waals surface area contributed by atoms with E-state index >= 15 is 0 Å². The summed E-state index contributed by atoms with van der Waals surface area (Å²) in [5, 5.41) is 2.11. The fraction of sp³-hybridized carbons (Fsp3) is 0.606. The molecular weight excluding hydrogens is 476 g/mol. The molecule has 0 radical (unpaired) electrons. The quantitative estimate of drug-likeness (QED) is 0.251. The molecule has 2 saturated carbocycles. The van der Waals surface area contributed by atoms with E-state index in [0.29, 0.717) is 28.2 Å². The van der Waals surface area contributed by atoms with Gasteiger partial charge in [0, 0.05) is 32.7 Å². The van der Waals surface area contributed by atoms with Crippen LogP contribution in [0.3, 0.4) is 0 Å². The lowest BCUT2D eigenvalue weighted by atomic mass is 9.64. The minimum absolute atomic E-state index is 0.0492. The smallest absolute Gasteiger partial charge is 0.344 e. The molecule has 0 saturated heterocycles. The lowest BCUT2D eigenvalue weighted by molar-refractivity contribution is 0.216. The first-order valence-electron chi connectivity index (χ1n) is 14.0. The maximum Gasteiger partial charge on any atom is 0.344 e. The number of rotatable bonds is 5. The van der Waals surface area contributed by atoms with Gasteiger partial charge in [-0.15, -0.1) is 0 Å². The maximum atomic E-state index is 13.8. The number of methoxy groups -OCH3 is 3. The molecule has 0 spiro atoms. The fourth-order valence-electron chi connectivity index (χ4n) is 7.79. The zero-order valence-electron chi connectivity index (χ0n) is 24.9. The van der Waals surface area contributed by atoms with Crippen molar-refractivity contribution in [3.63, 3.8) is 0 Å². The van der Waals surface area contributed by atoms with Gasteiger partial charge in [-0.2, -0.15) is 0 Å². The molecule has 2 fully saturated rings. The third-order valence-electron chi connectivity index (χ3n) is 11.1. The van der Waals surface area contributed by atoms with Gasteiger partial charge in [-0.25, -0.2) is 4.79 Å². The van der Waals surface area contributed by atoms with Gasteiger partial charge in [0.15, 0.2) is 22.8 Å². The third-order valence-corrected chi connectivity index (χ3v) is 11.1. The molecular formula is C33H44O5. The lowest BCUT2D eigenvalue weighted by Crippen LogP contribution is -2.35. The van der Waals surface area contributed by atoms with Gasteiger partial charge in [0.2, 0.25) is 0 Å². The van der Waals surface area contributed by atoms with Crippen molar-refractivity contribution in [2.24, 2.45) is 10.8 Å². The largest absolute Gasteiger partial charge is 0.493 e. The van der Waals surface area contributed by atoms with Crippen molar-refractivity contribution in [2.75, 3.05) is 21.3 Å². The maximum absolute atomic E-state index is 13.8. The first kappa shape index (κ1) is 26.9. The van der Waals surface area contributed by atoms with E-state index in [0.717, 1.165) is 66.0 Å². The van der Waals surface area contributed by atoms with Crippen molar-refractivity contribution >= 4 is 21.7 Å². The number of benzene rings is 2. The van der Waals surface area contributed by atoms with E-state index in [1.807, 2.05) is 6.07 Å². The van der Waals surface area contributed by atoms with Gasteiger partial charge in [-0.3, -0.25) is 0 Å². The Hall–Kier alpha value is -2.69. The predicted octanol–water partition coefficient (Wildman–Crippen LogP) is 8.22. The van der Waals surface area contributed by atoms with Crippen LogP contribution in [0.4, 0.5) is 0 Å². The molecule has 0 amide bonds. The molecule has 2 aromatic carbocycles. The molecule has 0 aliphatic heterocycles. The second-order valence-corrected chi connectivity index (χ2v) is 13.4. The highest BCUT2D eigenvalue weighted by atomic mass is 16.5. The van der Waals surface area contributed by atoms with Crippen molar-refractivity contribution in [3.05, 3.63) is 39.2 Å². The molecule has 1 aromatic heterocycles. The number of hydrogen-bond donors (Lipinski definition) is 0. The van der Waals surface area contributed by atoms with E-state index in [9.17, 15) is 4.79 Å². The van der Waals surface area contributed by atoms with Crippen LogP contribution < -0.4 is 19.8 Å². The Labute approximate surface area is 226 Å². The summed E-state index contributed by atoms with van der Waals surface area (Å²) in [5.41, 5.74) is 3.15. The number of ether oxygens (including phenoxy) is 3. The second kappa shape index (κ2) is 8.66. The minimum Gasteiger partial charge on any atom is -0.493 e. The zero-order valence-corrected chi connectivity index (χ0v) is 24.9. The lowest BCUT2D eigenvalue weighted by Gasteiger charge is -2.40. The van der Waals surface area contributed by atoms with E-state index in [-0.39, 0.29) is 27.3 Å². The van der Waals surface area contributed by atoms with Crippen LogP contribution in [0.5, 0.6) is 17.2 Å². The van der Waals surface area contributed by atoms with Gasteiger partial charge in [0.1, 0.15) is 0 Å². The fourth-order valence-corrected chi connectivity index (χ4v) is 7.79. The van der Waals surface area contributed by atoms with Crippen LogP contribution >= 0.6 is 0 Å². The van der Waals surface area contributed by atoms with E-state index < -0.39 is 0 Å². The molecule has 5 rings (SSSR count). The van der Waals surface area contributed by atoms with Gasteiger partial charge in [0.05, 0.1) is 26.7 Å². The summed E-state index contributed by atoms with van der Waals surface area (Å²) in [6.45, 7) is 16.0. The van der Waals surface area contributed by atoms with Gasteiger partial charge in [-0.1, -0.05) is 60.5 Å². The normalized spacial score (nSPS) is 26.3. The van der Waals surface area contributed by atoms with Gasteiger partial charge >= 0.3 is 5.63 Å². The molecule has 5 nitrogen and oxygen atoms in total. The Morgan fingerprint density at radius 1 is 0.684 bits per heavy atom. The summed E-state index contributed by atoms with van der Waals surface area (Å²) in [5.74, 6) is 1.94. The van der Waals surface area contributed by atoms with Crippen LogP contribution in [0.15, 0.2) is 21.3 Å². The van der Waals surface area contributed by atoms with Crippen molar-refractivity contribution < 1.29 is 18.6 Å². The van der Waals surface area contributed by atoms with Crippen molar-refractivity contribution in [2.45, 2.75) is 97.8 Å². The monoisotopic (exact) mass is 520 g/mol. The highest BCUT2D eigenvalue weighted by Crippen LogP contribution is 2.60. The van der Waals surface area contributed by atoms with Crippen LogP contribution in [-0.2, 0) is 10.8 Å². The standard InChI is InChI=1S/C33H44O5/c1-19-17-21(32(6)15-11-13-30(32,2)3)26(36-9)28-23(19)24-20(29(34)38-28)18-22(25(35-8)27(24)37-10)33(7)16-12-14-31(33,4)5/h17-18H,11-16H2,1-10H3/t32-,33-/m1/s1. The van der Waals surface area contributed by atoms with Crippen LogP contribution in [-0.4, -0.2) is 21.3 Å². The molecule has 2 atom stereocenters. The Balaban J connectivity index is 1.93. The second-order valence-electron chi connectivity index (χ2n) is 13.4. The van der Waals surface area contributed by atoms with Gasteiger partial charge < -0.3 is 18.6 Å². The van der Waals surface area contributed by atoms with Crippen molar-refractivity contribution in [1.29, 1.82) is 0 Å². The van der Waals surface area contributed by atoms with E-state index in [1.54, 1.807) is 21.3 Å². The molecule has 0 bridgehead atoms. The minimum atomic E-state index is -0.375. The molecule has 206 valence electrons. The topological polar surface area (TPSA) is 57.9 Å². The summed E-state index contributed by atoms with van der Waals surface area (Å²) in [7, 11) is 5.03. The number of hydrogen-bond acceptors (Lipinski definition) is 5. The SMILES string of the molecule is COc1c([C@@]2(C)CCCC2(C)C)cc2c(=O)oc3c(OC)c([C@@]4(C)CCCC4(C)C)cc(C)c3c2c1OC. The molecule has 0 unspecified atom stereocenters. The molecule has 5 heteroatoms. The molecule has 3 aromatic rings.